The Hall–Kier alpha value is -1.92. The SMILES string of the molecule is CC(C)C1NC(=O)CN(CCc2ncno2)C1=O. The number of carbonyl (C=O) groups excluding carboxylic acids is 2. The van der Waals surface area contributed by atoms with Crippen molar-refractivity contribution in [3.05, 3.63) is 12.2 Å². The van der Waals surface area contributed by atoms with Gasteiger partial charge in [0.25, 0.3) is 0 Å². The topological polar surface area (TPSA) is 88.3 Å². The highest BCUT2D eigenvalue weighted by molar-refractivity contribution is 5.94. The van der Waals surface area contributed by atoms with E-state index in [1.807, 2.05) is 13.8 Å². The molecule has 7 nitrogen and oxygen atoms in total. The summed E-state index contributed by atoms with van der Waals surface area (Å²) in [5.41, 5.74) is 0. The third-order valence-electron chi connectivity index (χ3n) is 2.90. The third kappa shape index (κ3) is 2.66. The number of nitrogens with one attached hydrogen (secondary N) is 1. The zero-order chi connectivity index (χ0) is 13.1. The van der Waals surface area contributed by atoms with Crippen molar-refractivity contribution in [2.24, 2.45) is 5.92 Å². The van der Waals surface area contributed by atoms with Gasteiger partial charge >= 0.3 is 0 Å². The van der Waals surface area contributed by atoms with Crippen LogP contribution in [0.5, 0.6) is 0 Å². The van der Waals surface area contributed by atoms with Gasteiger partial charge < -0.3 is 14.7 Å². The lowest BCUT2D eigenvalue weighted by atomic mass is 10.0. The molecule has 0 aromatic carbocycles. The van der Waals surface area contributed by atoms with Gasteiger partial charge in [0.1, 0.15) is 6.04 Å². The van der Waals surface area contributed by atoms with Crippen molar-refractivity contribution in [3.63, 3.8) is 0 Å². The van der Waals surface area contributed by atoms with Crippen LogP contribution in [0.2, 0.25) is 0 Å². The van der Waals surface area contributed by atoms with Crippen molar-refractivity contribution in [2.75, 3.05) is 13.1 Å². The van der Waals surface area contributed by atoms with Gasteiger partial charge in [0.15, 0.2) is 6.33 Å². The highest BCUT2D eigenvalue weighted by Crippen LogP contribution is 2.11. The molecule has 1 aromatic heterocycles. The van der Waals surface area contributed by atoms with Gasteiger partial charge in [-0.05, 0) is 5.92 Å². The van der Waals surface area contributed by atoms with E-state index in [2.05, 4.69) is 15.5 Å². The molecule has 1 atom stereocenters. The molecule has 0 aliphatic carbocycles. The molecule has 1 unspecified atom stereocenters. The molecule has 1 fully saturated rings. The van der Waals surface area contributed by atoms with E-state index in [4.69, 9.17) is 4.52 Å². The van der Waals surface area contributed by atoms with Crippen LogP contribution in [0.3, 0.4) is 0 Å². The number of hydrogen-bond donors (Lipinski definition) is 1. The fourth-order valence-corrected chi connectivity index (χ4v) is 1.91. The van der Waals surface area contributed by atoms with Gasteiger partial charge in [0, 0.05) is 13.0 Å². The van der Waals surface area contributed by atoms with E-state index in [9.17, 15) is 9.59 Å². The Morgan fingerprint density at radius 2 is 2.33 bits per heavy atom. The van der Waals surface area contributed by atoms with Crippen LogP contribution in [-0.2, 0) is 16.0 Å². The van der Waals surface area contributed by atoms with Gasteiger partial charge in [-0.2, -0.15) is 4.98 Å². The van der Waals surface area contributed by atoms with Gasteiger partial charge in [0.05, 0.1) is 6.54 Å². The number of amides is 2. The minimum absolute atomic E-state index is 0.0517. The van der Waals surface area contributed by atoms with E-state index < -0.39 is 6.04 Å². The van der Waals surface area contributed by atoms with Gasteiger partial charge in [-0.3, -0.25) is 9.59 Å². The Morgan fingerprint density at radius 3 is 2.94 bits per heavy atom. The second-order valence-electron chi connectivity index (χ2n) is 4.63. The summed E-state index contributed by atoms with van der Waals surface area (Å²) >= 11 is 0. The number of aromatic nitrogens is 2. The molecule has 1 N–H and O–H groups in total. The first-order chi connectivity index (χ1) is 8.58. The lowest BCUT2D eigenvalue weighted by molar-refractivity contribution is -0.145. The predicted octanol–water partition coefficient (Wildman–Crippen LogP) is -0.405. The predicted molar refractivity (Wildman–Crippen MR) is 61.4 cm³/mol. The van der Waals surface area contributed by atoms with Crippen molar-refractivity contribution < 1.29 is 14.1 Å². The van der Waals surface area contributed by atoms with E-state index >= 15 is 0 Å². The number of hydrogen-bond acceptors (Lipinski definition) is 5. The van der Waals surface area contributed by atoms with Crippen LogP contribution in [0.4, 0.5) is 0 Å². The van der Waals surface area contributed by atoms with E-state index in [0.29, 0.717) is 18.9 Å². The third-order valence-corrected chi connectivity index (χ3v) is 2.90. The lowest BCUT2D eigenvalue weighted by Gasteiger charge is -2.34. The van der Waals surface area contributed by atoms with Crippen LogP contribution in [0.15, 0.2) is 10.9 Å². The Balaban J connectivity index is 1.98. The Kier molecular flexibility index (Phi) is 3.59. The number of nitrogens with zero attached hydrogens (tertiary/aromatic N) is 3. The van der Waals surface area contributed by atoms with Crippen LogP contribution in [-0.4, -0.2) is 46.0 Å². The fourth-order valence-electron chi connectivity index (χ4n) is 1.91. The van der Waals surface area contributed by atoms with Gasteiger partial charge in [-0.25, -0.2) is 0 Å². The first-order valence-corrected chi connectivity index (χ1v) is 5.91. The molecule has 2 heterocycles. The van der Waals surface area contributed by atoms with Gasteiger partial charge in [0.2, 0.25) is 17.7 Å². The van der Waals surface area contributed by atoms with Crippen LogP contribution in [0.1, 0.15) is 19.7 Å². The quantitative estimate of drug-likeness (QED) is 0.787. The zero-order valence-corrected chi connectivity index (χ0v) is 10.4. The van der Waals surface area contributed by atoms with Crippen molar-refractivity contribution in [3.8, 4) is 0 Å². The van der Waals surface area contributed by atoms with Crippen LogP contribution >= 0.6 is 0 Å². The molecular formula is C11H16N4O3. The summed E-state index contributed by atoms with van der Waals surface area (Å²) in [6.07, 6.45) is 1.78. The molecule has 0 saturated carbocycles. The summed E-state index contributed by atoms with van der Waals surface area (Å²) in [7, 11) is 0. The summed E-state index contributed by atoms with van der Waals surface area (Å²) in [6, 6.07) is -0.436. The van der Waals surface area contributed by atoms with E-state index in [1.54, 1.807) is 0 Å². The van der Waals surface area contributed by atoms with Gasteiger partial charge in [-0.1, -0.05) is 19.0 Å². The van der Waals surface area contributed by atoms with Crippen LogP contribution in [0.25, 0.3) is 0 Å². The van der Waals surface area contributed by atoms with Crippen molar-refractivity contribution >= 4 is 11.8 Å². The summed E-state index contributed by atoms with van der Waals surface area (Å²) in [5.74, 6) is 0.366. The molecule has 2 amide bonds. The standard InChI is InChI=1S/C11H16N4O3/c1-7(2)10-11(17)15(5-8(16)14-10)4-3-9-12-6-13-18-9/h6-7,10H,3-5H2,1-2H3,(H,14,16). The minimum Gasteiger partial charge on any atom is -0.343 e. The molecule has 0 spiro atoms. The van der Waals surface area contributed by atoms with Crippen molar-refractivity contribution in [1.29, 1.82) is 0 Å². The molecule has 0 radical (unpaired) electrons. The average molecular weight is 252 g/mol. The molecule has 98 valence electrons. The molecule has 0 bridgehead atoms. The van der Waals surface area contributed by atoms with Crippen molar-refractivity contribution in [2.45, 2.75) is 26.3 Å². The van der Waals surface area contributed by atoms with E-state index in [0.717, 1.165) is 0 Å². The largest absolute Gasteiger partial charge is 0.343 e. The first kappa shape index (κ1) is 12.5. The molecule has 1 aromatic rings. The maximum absolute atomic E-state index is 12.1. The summed E-state index contributed by atoms with van der Waals surface area (Å²) in [5, 5.41) is 6.20. The second-order valence-corrected chi connectivity index (χ2v) is 4.63. The minimum atomic E-state index is -0.436. The monoisotopic (exact) mass is 252 g/mol. The van der Waals surface area contributed by atoms with E-state index in [1.165, 1.54) is 11.2 Å². The first-order valence-electron chi connectivity index (χ1n) is 5.91. The maximum Gasteiger partial charge on any atom is 0.245 e. The number of rotatable bonds is 4. The molecular weight excluding hydrogens is 236 g/mol. The molecule has 1 saturated heterocycles. The second kappa shape index (κ2) is 5.16. The average Bonchev–Trinajstić information content (AvgIpc) is 2.82. The van der Waals surface area contributed by atoms with E-state index in [-0.39, 0.29) is 24.3 Å². The normalized spacial score (nSPS) is 20.4. The summed E-state index contributed by atoms with van der Waals surface area (Å²) in [4.78, 5) is 29.1. The molecule has 18 heavy (non-hydrogen) atoms. The Labute approximate surface area is 105 Å². The molecule has 1 aliphatic rings. The lowest BCUT2D eigenvalue weighted by Crippen LogP contribution is -2.60. The molecule has 7 heteroatoms. The zero-order valence-electron chi connectivity index (χ0n) is 10.4. The Morgan fingerprint density at radius 1 is 1.56 bits per heavy atom. The number of piperazine rings is 1. The van der Waals surface area contributed by atoms with Crippen LogP contribution < -0.4 is 5.32 Å². The summed E-state index contributed by atoms with van der Waals surface area (Å²) in [6.45, 7) is 4.32. The number of carbonyl (C=O) groups is 2. The van der Waals surface area contributed by atoms with Gasteiger partial charge in [-0.15, -0.1) is 0 Å². The van der Waals surface area contributed by atoms with Crippen LogP contribution in [0, 0.1) is 5.92 Å². The highest BCUT2D eigenvalue weighted by Gasteiger charge is 2.34. The highest BCUT2D eigenvalue weighted by atomic mass is 16.5. The molecule has 1 aliphatic heterocycles. The van der Waals surface area contributed by atoms with Crippen molar-refractivity contribution in [1.82, 2.24) is 20.4 Å². The Bertz CT molecular complexity index is 430. The summed E-state index contributed by atoms with van der Waals surface area (Å²) < 4.78 is 4.86. The smallest absolute Gasteiger partial charge is 0.245 e. The maximum atomic E-state index is 12.1. The fraction of sp³-hybridized carbons (Fsp3) is 0.636. The molecule has 2 rings (SSSR count).